The zero-order valence-electron chi connectivity index (χ0n) is 14.6. The van der Waals surface area contributed by atoms with Crippen LogP contribution in [0, 0.1) is 5.82 Å². The van der Waals surface area contributed by atoms with E-state index in [4.69, 9.17) is 4.74 Å². The zero-order chi connectivity index (χ0) is 18.9. The molecule has 0 fully saturated rings. The second-order valence-corrected chi connectivity index (χ2v) is 7.60. The molecule has 7 heteroatoms. The molecule has 1 aromatic heterocycles. The van der Waals surface area contributed by atoms with Crippen LogP contribution in [-0.4, -0.2) is 23.2 Å². The number of halogens is 1. The summed E-state index contributed by atoms with van der Waals surface area (Å²) in [6, 6.07) is 13.5. The highest BCUT2D eigenvalue weighted by molar-refractivity contribution is 7.99. The van der Waals surface area contributed by atoms with Gasteiger partial charge in [-0.25, -0.2) is 9.37 Å². The van der Waals surface area contributed by atoms with Gasteiger partial charge in [-0.3, -0.25) is 4.79 Å². The van der Waals surface area contributed by atoms with Gasteiger partial charge in [0.25, 0.3) is 5.91 Å². The van der Waals surface area contributed by atoms with Gasteiger partial charge in [0.1, 0.15) is 18.2 Å². The van der Waals surface area contributed by atoms with E-state index in [1.165, 1.54) is 23.5 Å². The van der Waals surface area contributed by atoms with Gasteiger partial charge in [-0.15, -0.1) is 23.1 Å². The molecule has 0 saturated carbocycles. The number of thioether (sulfide) groups is 1. The first-order valence-corrected chi connectivity index (χ1v) is 10.4. The van der Waals surface area contributed by atoms with Crippen molar-refractivity contribution in [2.75, 3.05) is 12.3 Å². The van der Waals surface area contributed by atoms with E-state index in [0.717, 1.165) is 22.8 Å². The fraction of sp³-hybridized carbons (Fsp3) is 0.200. The Morgan fingerprint density at radius 1 is 1.22 bits per heavy atom. The maximum Gasteiger partial charge on any atom is 0.251 e. The lowest BCUT2D eigenvalue weighted by Gasteiger charge is -2.08. The SMILES string of the molecule is O=C(NCCCSc1ccc(F)cc1)c1cccc(OCc2cscn2)c1. The van der Waals surface area contributed by atoms with E-state index in [1.807, 2.05) is 11.4 Å². The van der Waals surface area contributed by atoms with Gasteiger partial charge in [0.2, 0.25) is 0 Å². The van der Waals surface area contributed by atoms with Crippen molar-refractivity contribution in [3.05, 3.63) is 76.5 Å². The maximum atomic E-state index is 12.9. The van der Waals surface area contributed by atoms with Crippen LogP contribution < -0.4 is 10.1 Å². The summed E-state index contributed by atoms with van der Waals surface area (Å²) in [5.41, 5.74) is 3.20. The molecule has 0 spiro atoms. The topological polar surface area (TPSA) is 51.2 Å². The van der Waals surface area contributed by atoms with Crippen LogP contribution in [-0.2, 0) is 6.61 Å². The van der Waals surface area contributed by atoms with Gasteiger partial charge in [0.15, 0.2) is 0 Å². The first-order valence-electron chi connectivity index (χ1n) is 8.47. The predicted octanol–water partition coefficient (Wildman–Crippen LogP) is 4.77. The average molecular weight is 403 g/mol. The highest BCUT2D eigenvalue weighted by Crippen LogP contribution is 2.19. The Bertz CT molecular complexity index is 855. The normalized spacial score (nSPS) is 10.6. The van der Waals surface area contributed by atoms with Crippen LogP contribution in [0.2, 0.25) is 0 Å². The monoisotopic (exact) mass is 402 g/mol. The Labute approximate surface area is 165 Å². The summed E-state index contributed by atoms with van der Waals surface area (Å²) >= 11 is 3.16. The number of nitrogens with zero attached hydrogens (tertiary/aromatic N) is 1. The molecule has 0 saturated heterocycles. The number of rotatable bonds is 9. The molecule has 1 heterocycles. The number of hydrogen-bond donors (Lipinski definition) is 1. The highest BCUT2D eigenvalue weighted by Gasteiger charge is 2.07. The molecule has 1 N–H and O–H groups in total. The Hall–Kier alpha value is -2.38. The van der Waals surface area contributed by atoms with Crippen molar-refractivity contribution < 1.29 is 13.9 Å². The summed E-state index contributed by atoms with van der Waals surface area (Å²) in [5.74, 6) is 1.13. The molecule has 0 atom stereocenters. The minimum absolute atomic E-state index is 0.124. The van der Waals surface area contributed by atoms with Crippen LogP contribution in [0.15, 0.2) is 64.3 Å². The Morgan fingerprint density at radius 2 is 2.07 bits per heavy atom. The number of thiazole rings is 1. The van der Waals surface area contributed by atoms with Gasteiger partial charge in [-0.1, -0.05) is 6.07 Å². The Morgan fingerprint density at radius 3 is 2.85 bits per heavy atom. The molecule has 3 aromatic rings. The molecule has 4 nitrogen and oxygen atoms in total. The second kappa shape index (κ2) is 10.1. The van der Waals surface area contributed by atoms with Crippen molar-refractivity contribution in [3.63, 3.8) is 0 Å². The van der Waals surface area contributed by atoms with Crippen molar-refractivity contribution in [3.8, 4) is 5.75 Å². The first-order chi connectivity index (χ1) is 13.2. The summed E-state index contributed by atoms with van der Waals surface area (Å²) in [6.45, 7) is 0.964. The molecule has 0 radical (unpaired) electrons. The number of aromatic nitrogens is 1. The summed E-state index contributed by atoms with van der Waals surface area (Å²) in [7, 11) is 0. The molecule has 3 rings (SSSR count). The van der Waals surface area contributed by atoms with E-state index in [2.05, 4.69) is 10.3 Å². The van der Waals surface area contributed by atoms with E-state index in [9.17, 15) is 9.18 Å². The van der Waals surface area contributed by atoms with Crippen LogP contribution >= 0.6 is 23.1 Å². The minimum atomic E-state index is -0.232. The molecule has 140 valence electrons. The molecule has 0 aliphatic carbocycles. The molecule has 2 aromatic carbocycles. The number of benzene rings is 2. The molecule has 0 aliphatic rings. The Balaban J connectivity index is 1.39. The molecule has 0 aliphatic heterocycles. The van der Waals surface area contributed by atoms with Crippen LogP contribution in [0.1, 0.15) is 22.5 Å². The second-order valence-electron chi connectivity index (χ2n) is 5.71. The minimum Gasteiger partial charge on any atom is -0.487 e. The van der Waals surface area contributed by atoms with Gasteiger partial charge in [-0.2, -0.15) is 0 Å². The number of carbonyl (C=O) groups excluding carboxylic acids is 1. The van der Waals surface area contributed by atoms with Crippen LogP contribution in [0.3, 0.4) is 0 Å². The van der Waals surface area contributed by atoms with Gasteiger partial charge < -0.3 is 10.1 Å². The lowest BCUT2D eigenvalue weighted by Crippen LogP contribution is -2.24. The lowest BCUT2D eigenvalue weighted by atomic mass is 10.2. The molecule has 1 amide bonds. The molecular formula is C20H19FN2O2S2. The summed E-state index contributed by atoms with van der Waals surface area (Å²) in [5, 5.41) is 4.84. The number of ether oxygens (including phenoxy) is 1. The first kappa shape index (κ1) is 19.4. The van der Waals surface area contributed by atoms with Crippen LogP contribution in [0.5, 0.6) is 5.75 Å². The summed E-state index contributed by atoms with van der Waals surface area (Å²) in [6.07, 6.45) is 0.827. The van der Waals surface area contributed by atoms with E-state index >= 15 is 0 Å². The largest absolute Gasteiger partial charge is 0.487 e. The van der Waals surface area contributed by atoms with E-state index < -0.39 is 0 Å². The Kier molecular flexibility index (Phi) is 7.24. The lowest BCUT2D eigenvalue weighted by molar-refractivity contribution is 0.0953. The van der Waals surface area contributed by atoms with Crippen molar-refractivity contribution in [1.82, 2.24) is 10.3 Å². The molecule has 27 heavy (non-hydrogen) atoms. The molecular weight excluding hydrogens is 383 g/mol. The van der Waals surface area contributed by atoms with Crippen molar-refractivity contribution in [2.24, 2.45) is 0 Å². The smallest absolute Gasteiger partial charge is 0.251 e. The third-order valence-corrected chi connectivity index (χ3v) is 5.39. The third kappa shape index (κ3) is 6.37. The highest BCUT2D eigenvalue weighted by atomic mass is 32.2. The van der Waals surface area contributed by atoms with Gasteiger partial charge in [0.05, 0.1) is 11.2 Å². The summed E-state index contributed by atoms with van der Waals surface area (Å²) in [4.78, 5) is 17.5. The van der Waals surface area contributed by atoms with Crippen molar-refractivity contribution in [2.45, 2.75) is 17.9 Å². The summed E-state index contributed by atoms with van der Waals surface area (Å²) < 4.78 is 18.5. The van der Waals surface area contributed by atoms with E-state index in [0.29, 0.717) is 24.5 Å². The number of amides is 1. The number of carbonyl (C=O) groups is 1. The predicted molar refractivity (Wildman–Crippen MR) is 107 cm³/mol. The van der Waals surface area contributed by atoms with Crippen molar-refractivity contribution >= 4 is 29.0 Å². The standard InChI is InChI=1S/C20H19FN2O2S2/c21-16-5-7-19(8-6-16)27-10-2-9-22-20(24)15-3-1-4-18(11-15)25-12-17-13-26-14-23-17/h1,3-8,11,13-14H,2,9-10,12H2,(H,22,24). The van der Waals surface area contributed by atoms with Gasteiger partial charge in [0, 0.05) is 22.4 Å². The van der Waals surface area contributed by atoms with E-state index in [1.54, 1.807) is 47.6 Å². The van der Waals surface area contributed by atoms with E-state index in [-0.39, 0.29) is 11.7 Å². The fourth-order valence-electron chi connectivity index (χ4n) is 2.29. The quantitative estimate of drug-likeness (QED) is 0.414. The van der Waals surface area contributed by atoms with Gasteiger partial charge in [-0.05, 0) is 54.6 Å². The molecule has 0 unspecified atom stereocenters. The van der Waals surface area contributed by atoms with Crippen molar-refractivity contribution in [1.29, 1.82) is 0 Å². The van der Waals surface area contributed by atoms with Gasteiger partial charge >= 0.3 is 0 Å². The fourth-order valence-corrected chi connectivity index (χ4v) is 3.69. The maximum absolute atomic E-state index is 12.9. The third-order valence-electron chi connectivity index (χ3n) is 3.66. The zero-order valence-corrected chi connectivity index (χ0v) is 16.2. The van der Waals surface area contributed by atoms with Crippen LogP contribution in [0.4, 0.5) is 4.39 Å². The average Bonchev–Trinajstić information content (AvgIpc) is 3.21. The van der Waals surface area contributed by atoms with Crippen LogP contribution in [0.25, 0.3) is 0 Å². The molecule has 0 bridgehead atoms. The number of hydrogen-bond acceptors (Lipinski definition) is 5. The number of nitrogens with one attached hydrogen (secondary N) is 1.